The average Bonchev–Trinajstić information content (AvgIpc) is 2.62. The van der Waals surface area contributed by atoms with Crippen LogP contribution >= 0.6 is 11.3 Å². The summed E-state index contributed by atoms with van der Waals surface area (Å²) in [4.78, 5) is 35.4. The molecule has 0 atom stereocenters. The predicted octanol–water partition coefficient (Wildman–Crippen LogP) is 3.60. The van der Waals surface area contributed by atoms with E-state index in [9.17, 15) is 14.4 Å². The number of hydrogen-bond acceptors (Lipinski definition) is 6. The normalized spacial score (nSPS) is 10.4. The first-order valence-electron chi connectivity index (χ1n) is 7.21. The first-order valence-corrected chi connectivity index (χ1v) is 8.02. The molecule has 1 aromatic heterocycles. The fourth-order valence-corrected chi connectivity index (χ4v) is 3.29. The Hall–Kier alpha value is -3.25. The molecule has 3 aromatic rings. The molecule has 0 unspecified atom stereocenters. The molecule has 0 saturated heterocycles. The van der Waals surface area contributed by atoms with Gasteiger partial charge in [-0.3, -0.25) is 4.79 Å². The fraction of sp³-hybridized carbons (Fsp3) is 0. The van der Waals surface area contributed by atoms with Crippen LogP contribution in [0, 0.1) is 0 Å². The lowest BCUT2D eigenvalue weighted by molar-refractivity contribution is -0.129. The van der Waals surface area contributed by atoms with Crippen molar-refractivity contribution in [1.82, 2.24) is 0 Å². The van der Waals surface area contributed by atoms with Crippen LogP contribution in [0.5, 0.6) is 11.5 Å². The molecule has 3 rings (SSSR count). The minimum Gasteiger partial charge on any atom is -0.423 e. The number of esters is 2. The second-order valence-corrected chi connectivity index (χ2v) is 6.08. The molecular weight excluding hydrogens is 340 g/mol. The van der Waals surface area contributed by atoms with Crippen LogP contribution in [0.2, 0.25) is 0 Å². The molecule has 2 aromatic carbocycles. The topological polar surface area (TPSA) is 69.7 Å². The lowest BCUT2D eigenvalue weighted by atomic mass is 10.1. The monoisotopic (exact) mass is 352 g/mol. The molecule has 6 heteroatoms. The highest BCUT2D eigenvalue weighted by atomic mass is 32.1. The number of hydrogen-bond donors (Lipinski definition) is 0. The summed E-state index contributed by atoms with van der Waals surface area (Å²) in [7, 11) is 0. The molecule has 0 aliphatic rings. The van der Waals surface area contributed by atoms with E-state index in [1.807, 2.05) is 0 Å². The Balaban J connectivity index is 2.15. The highest BCUT2D eigenvalue weighted by Crippen LogP contribution is 2.29. The molecule has 0 saturated carbocycles. The van der Waals surface area contributed by atoms with Gasteiger partial charge >= 0.3 is 11.9 Å². The zero-order valence-electron chi connectivity index (χ0n) is 13.0. The number of carbonyl (C=O) groups is 2. The summed E-state index contributed by atoms with van der Waals surface area (Å²) in [5, 5.41) is 0.832. The molecule has 0 spiro atoms. The molecule has 25 heavy (non-hydrogen) atoms. The molecule has 0 aliphatic carbocycles. The third kappa shape index (κ3) is 3.34. The molecule has 0 bridgehead atoms. The number of carbonyl (C=O) groups excluding carboxylic acids is 2. The SMILES string of the molecule is C=CC(=O)Oc1ccc2sc3ccc(OC(=O)C=C)cc3c(=O)c2c1. The zero-order valence-corrected chi connectivity index (χ0v) is 13.8. The van der Waals surface area contributed by atoms with Crippen molar-refractivity contribution >= 4 is 43.4 Å². The lowest BCUT2D eigenvalue weighted by Crippen LogP contribution is -2.06. The summed E-state index contributed by atoms with van der Waals surface area (Å²) in [6.07, 6.45) is 2.09. The maximum atomic E-state index is 12.8. The van der Waals surface area contributed by atoms with E-state index >= 15 is 0 Å². The van der Waals surface area contributed by atoms with E-state index in [2.05, 4.69) is 13.2 Å². The Morgan fingerprint density at radius 2 is 1.28 bits per heavy atom. The van der Waals surface area contributed by atoms with E-state index in [1.54, 1.807) is 24.3 Å². The summed E-state index contributed by atoms with van der Waals surface area (Å²) in [5.74, 6) is -0.685. The van der Waals surface area contributed by atoms with Gasteiger partial charge in [0.1, 0.15) is 11.5 Å². The van der Waals surface area contributed by atoms with Crippen LogP contribution < -0.4 is 14.9 Å². The Bertz CT molecular complexity index is 1010. The largest absolute Gasteiger partial charge is 0.423 e. The highest BCUT2D eigenvalue weighted by Gasteiger charge is 2.10. The van der Waals surface area contributed by atoms with Gasteiger partial charge in [-0.25, -0.2) is 9.59 Å². The Kier molecular flexibility index (Phi) is 4.45. The summed E-state index contributed by atoms with van der Waals surface area (Å²) >= 11 is 1.41. The van der Waals surface area contributed by atoms with Crippen molar-refractivity contribution in [2.45, 2.75) is 0 Å². The third-order valence-corrected chi connectivity index (χ3v) is 4.53. The first-order chi connectivity index (χ1) is 12.0. The molecule has 0 N–H and O–H groups in total. The van der Waals surface area contributed by atoms with Gasteiger partial charge in [0.25, 0.3) is 0 Å². The van der Waals surface area contributed by atoms with Crippen LogP contribution in [0.15, 0.2) is 66.5 Å². The summed E-state index contributed by atoms with van der Waals surface area (Å²) < 4.78 is 11.6. The Morgan fingerprint density at radius 1 is 0.840 bits per heavy atom. The van der Waals surface area contributed by atoms with Crippen molar-refractivity contribution in [2.75, 3.05) is 0 Å². The standard InChI is InChI=1S/C19H12O5S/c1-3-17(20)23-11-5-7-15-13(9-11)19(22)14-10-12(24-18(21)4-2)6-8-16(14)25-15/h3-10H,1-2H2. The molecule has 0 radical (unpaired) electrons. The van der Waals surface area contributed by atoms with Crippen LogP contribution in [0.25, 0.3) is 20.2 Å². The van der Waals surface area contributed by atoms with Gasteiger partial charge in [-0.1, -0.05) is 13.2 Å². The van der Waals surface area contributed by atoms with Crippen molar-refractivity contribution in [1.29, 1.82) is 0 Å². The van der Waals surface area contributed by atoms with Gasteiger partial charge in [0.05, 0.1) is 0 Å². The maximum Gasteiger partial charge on any atom is 0.335 e. The lowest BCUT2D eigenvalue weighted by Gasteiger charge is -2.06. The van der Waals surface area contributed by atoms with Gasteiger partial charge in [0.2, 0.25) is 0 Å². The summed E-state index contributed by atoms with van der Waals surface area (Å²) in [6, 6.07) is 9.70. The molecule has 0 amide bonds. The molecule has 124 valence electrons. The van der Waals surface area contributed by atoms with Crippen LogP contribution in [-0.2, 0) is 9.59 Å². The van der Waals surface area contributed by atoms with E-state index < -0.39 is 11.9 Å². The van der Waals surface area contributed by atoms with Gasteiger partial charge in [-0.2, -0.15) is 0 Å². The number of ether oxygens (including phenoxy) is 2. The molecule has 0 fully saturated rings. The highest BCUT2D eigenvalue weighted by molar-refractivity contribution is 7.24. The van der Waals surface area contributed by atoms with Crippen molar-refractivity contribution in [2.24, 2.45) is 0 Å². The minimum atomic E-state index is -0.602. The number of fused-ring (bicyclic) bond motifs is 2. The fourth-order valence-electron chi connectivity index (χ4n) is 2.26. The van der Waals surface area contributed by atoms with Crippen molar-refractivity contribution in [3.63, 3.8) is 0 Å². The molecule has 1 heterocycles. The third-order valence-electron chi connectivity index (χ3n) is 3.38. The number of rotatable bonds is 4. The quantitative estimate of drug-likeness (QED) is 0.311. The summed E-state index contributed by atoms with van der Waals surface area (Å²) in [5.41, 5.74) is -0.239. The van der Waals surface area contributed by atoms with Crippen molar-refractivity contribution in [3.05, 3.63) is 71.9 Å². The second kappa shape index (κ2) is 6.70. The smallest absolute Gasteiger partial charge is 0.335 e. The Morgan fingerprint density at radius 3 is 1.68 bits per heavy atom. The minimum absolute atomic E-state index is 0.239. The van der Waals surface area contributed by atoms with Crippen molar-refractivity contribution < 1.29 is 19.1 Å². The second-order valence-electron chi connectivity index (χ2n) is 5.00. The van der Waals surface area contributed by atoms with Gasteiger partial charge in [-0.05, 0) is 36.4 Å². The van der Waals surface area contributed by atoms with Gasteiger partial charge < -0.3 is 9.47 Å². The average molecular weight is 352 g/mol. The van der Waals surface area contributed by atoms with Crippen LogP contribution in [0.3, 0.4) is 0 Å². The van der Waals surface area contributed by atoms with Gasteiger partial charge in [0, 0.05) is 32.3 Å². The van der Waals surface area contributed by atoms with Crippen LogP contribution in [0.1, 0.15) is 0 Å². The summed E-state index contributed by atoms with van der Waals surface area (Å²) in [6.45, 7) is 6.67. The first kappa shape index (κ1) is 16.6. The van der Waals surface area contributed by atoms with Crippen molar-refractivity contribution in [3.8, 4) is 11.5 Å². The molecule has 5 nitrogen and oxygen atoms in total. The van der Waals surface area contributed by atoms with E-state index in [4.69, 9.17) is 9.47 Å². The Labute approximate surface area is 146 Å². The predicted molar refractivity (Wildman–Crippen MR) is 97.3 cm³/mol. The molecular formula is C19H12O5S. The zero-order chi connectivity index (χ0) is 18.0. The van der Waals surface area contributed by atoms with E-state index in [-0.39, 0.29) is 16.9 Å². The van der Waals surface area contributed by atoms with Gasteiger partial charge in [-0.15, -0.1) is 11.3 Å². The van der Waals surface area contributed by atoms with E-state index in [0.717, 1.165) is 21.6 Å². The number of benzene rings is 2. The maximum absolute atomic E-state index is 12.8. The van der Waals surface area contributed by atoms with Crippen LogP contribution in [-0.4, -0.2) is 11.9 Å². The molecule has 0 aliphatic heterocycles. The van der Waals surface area contributed by atoms with E-state index in [1.165, 1.54) is 23.5 Å². The van der Waals surface area contributed by atoms with Gasteiger partial charge in [0.15, 0.2) is 5.43 Å². The van der Waals surface area contributed by atoms with E-state index in [0.29, 0.717) is 10.8 Å². The van der Waals surface area contributed by atoms with Crippen LogP contribution in [0.4, 0.5) is 0 Å².